The van der Waals surface area contributed by atoms with Crippen LogP contribution in [-0.2, 0) is 11.1 Å². The molecule has 1 unspecified atom stereocenters. The molecule has 0 heterocycles. The zero-order valence-corrected chi connectivity index (χ0v) is 26.1. The topological polar surface area (TPSA) is 38.8 Å². The first-order chi connectivity index (χ1) is 20.5. The molecule has 0 spiro atoms. The van der Waals surface area contributed by atoms with Crippen molar-refractivity contribution in [2.75, 3.05) is 4.90 Å². The molecule has 0 saturated heterocycles. The molecule has 0 bridgehead atoms. The van der Waals surface area contributed by atoms with Crippen LogP contribution >= 0.6 is 15.9 Å². The first-order valence-corrected chi connectivity index (χ1v) is 15.3. The van der Waals surface area contributed by atoms with Crippen LogP contribution in [0.4, 0.5) is 37.7 Å². The predicted octanol–water partition coefficient (Wildman–Crippen LogP) is 10.3. The highest BCUT2D eigenvalue weighted by atomic mass is 79.9. The van der Waals surface area contributed by atoms with E-state index in [1.54, 1.807) is 24.0 Å². The number of unbranched alkanes of at least 4 members (excludes halogenated alkanes) is 1. The highest BCUT2D eigenvalue weighted by molar-refractivity contribution is 9.10. The van der Waals surface area contributed by atoms with E-state index in [-0.39, 0.29) is 16.3 Å². The van der Waals surface area contributed by atoms with Crippen molar-refractivity contribution in [2.45, 2.75) is 57.6 Å². The summed E-state index contributed by atoms with van der Waals surface area (Å²) in [6.45, 7) is 9.58. The quantitative estimate of drug-likeness (QED) is 0.0732. The van der Waals surface area contributed by atoms with Gasteiger partial charge in [-0.2, -0.15) is 8.78 Å². The van der Waals surface area contributed by atoms with E-state index >= 15 is 0 Å². The molecule has 0 amide bonds. The molecule has 3 rings (SSSR count). The number of rotatable bonds is 14. The molecule has 1 atom stereocenters. The van der Waals surface area contributed by atoms with Gasteiger partial charge in [0.1, 0.15) is 11.6 Å². The van der Waals surface area contributed by atoms with E-state index in [1.807, 2.05) is 6.92 Å². The van der Waals surface area contributed by atoms with Gasteiger partial charge in [0.05, 0.1) is 20.7 Å². The molecule has 230 valence electrons. The molecule has 3 aromatic rings. The Balaban J connectivity index is 2.06. The van der Waals surface area contributed by atoms with Gasteiger partial charge in [0, 0.05) is 12.3 Å². The maximum Gasteiger partial charge on any atom is 0.357 e. The molecule has 3 aromatic carbocycles. The summed E-state index contributed by atoms with van der Waals surface area (Å²) < 4.78 is 108. The lowest BCUT2D eigenvalue weighted by atomic mass is 9.59. The first-order valence-electron chi connectivity index (χ1n) is 13.4. The standard InChI is InChI=1S/C30H29BBrF6NO3S/c1-5-9-14-31(13-7-3)41-24-16-20(32)21(33)17-23(24)39(8-4)22-12-11-19(15-18(22)10-6-2)43(40)42-30-28(37)26(35)25(34)27(36)29(30)38/h6,8,10-12,15-17H,4-5,7,9,13-14H2,1-3H3/b10-6-. The lowest BCUT2D eigenvalue weighted by Crippen LogP contribution is -2.23. The minimum atomic E-state index is -2.69. The maximum atomic E-state index is 14.9. The average molecular weight is 688 g/mol. The third-order valence-electron chi connectivity index (χ3n) is 6.35. The molecule has 13 heteroatoms. The van der Waals surface area contributed by atoms with E-state index in [4.69, 9.17) is 8.84 Å². The average Bonchev–Trinajstić information content (AvgIpc) is 2.99. The van der Waals surface area contributed by atoms with Crippen LogP contribution in [0.25, 0.3) is 6.08 Å². The Morgan fingerprint density at radius 1 is 0.930 bits per heavy atom. The summed E-state index contributed by atoms with van der Waals surface area (Å²) in [5, 5.41) is 0. The van der Waals surface area contributed by atoms with Crippen LogP contribution in [0.2, 0.25) is 12.6 Å². The Morgan fingerprint density at radius 2 is 1.58 bits per heavy atom. The minimum absolute atomic E-state index is 0.119. The second kappa shape index (κ2) is 15.5. The zero-order chi connectivity index (χ0) is 31.8. The van der Waals surface area contributed by atoms with Crippen LogP contribution < -0.4 is 13.7 Å². The molecule has 0 N–H and O–H groups in total. The van der Waals surface area contributed by atoms with E-state index in [2.05, 4.69) is 29.4 Å². The molecule has 4 nitrogen and oxygen atoms in total. The highest BCUT2D eigenvalue weighted by Gasteiger charge is 2.29. The van der Waals surface area contributed by atoms with Crippen molar-refractivity contribution in [3.05, 3.63) is 94.1 Å². The third kappa shape index (κ3) is 7.86. The summed E-state index contributed by atoms with van der Waals surface area (Å²) in [5.41, 5.74) is 1.14. The summed E-state index contributed by atoms with van der Waals surface area (Å²) in [7, 11) is 0. The zero-order valence-electron chi connectivity index (χ0n) is 23.7. The fourth-order valence-corrected chi connectivity index (χ4v) is 5.39. The number of hydrogen-bond acceptors (Lipinski definition) is 4. The van der Waals surface area contributed by atoms with Gasteiger partial charge < -0.3 is 13.7 Å². The van der Waals surface area contributed by atoms with E-state index < -0.39 is 51.7 Å². The molecule has 0 saturated carbocycles. The van der Waals surface area contributed by atoms with Crippen LogP contribution in [0, 0.1) is 34.9 Å². The van der Waals surface area contributed by atoms with Gasteiger partial charge in [0.25, 0.3) is 0 Å². The molecular formula is C30H29BBrF6NO3S. The van der Waals surface area contributed by atoms with E-state index in [1.165, 1.54) is 36.5 Å². The van der Waals surface area contributed by atoms with Crippen molar-refractivity contribution in [3.8, 4) is 11.5 Å². The molecule has 0 radical (unpaired) electrons. The largest absolute Gasteiger partial charge is 0.559 e. The third-order valence-corrected chi connectivity index (χ3v) is 7.92. The monoisotopic (exact) mass is 687 g/mol. The van der Waals surface area contributed by atoms with Crippen LogP contribution in [0.15, 0.2) is 58.6 Å². The van der Waals surface area contributed by atoms with Crippen molar-refractivity contribution in [1.82, 2.24) is 0 Å². The van der Waals surface area contributed by atoms with Crippen LogP contribution in [0.3, 0.4) is 0 Å². The Labute approximate surface area is 258 Å². The van der Waals surface area contributed by atoms with Gasteiger partial charge in [-0.3, -0.25) is 0 Å². The highest BCUT2D eigenvalue weighted by Crippen LogP contribution is 2.41. The van der Waals surface area contributed by atoms with Gasteiger partial charge in [-0.25, -0.2) is 21.8 Å². The molecule has 43 heavy (non-hydrogen) atoms. The van der Waals surface area contributed by atoms with Gasteiger partial charge in [0.15, 0.2) is 0 Å². The predicted molar refractivity (Wildman–Crippen MR) is 162 cm³/mol. The summed E-state index contributed by atoms with van der Waals surface area (Å²) in [5.74, 6) is -13.2. The molecule has 0 aliphatic heterocycles. The van der Waals surface area contributed by atoms with Crippen molar-refractivity contribution >= 4 is 51.4 Å². The number of halogens is 7. The van der Waals surface area contributed by atoms with E-state index in [0.717, 1.165) is 31.9 Å². The first kappa shape index (κ1) is 34.3. The molecule has 0 aliphatic carbocycles. The normalized spacial score (nSPS) is 12.0. The Bertz CT molecular complexity index is 1510. The number of nitrogens with zero attached hydrogens (tertiary/aromatic N) is 1. The number of allylic oxidation sites excluding steroid dienone is 1. The number of anilines is 2. The van der Waals surface area contributed by atoms with Crippen molar-refractivity contribution in [2.24, 2.45) is 0 Å². The summed E-state index contributed by atoms with van der Waals surface area (Å²) in [6, 6.07) is 6.90. The van der Waals surface area contributed by atoms with Crippen molar-refractivity contribution < 1.29 is 39.4 Å². The summed E-state index contributed by atoms with van der Waals surface area (Å²) in [6.07, 6.45) is 9.10. The minimum Gasteiger partial charge on any atom is -0.559 e. The van der Waals surface area contributed by atoms with Gasteiger partial charge in [0.2, 0.25) is 45.9 Å². The smallest absolute Gasteiger partial charge is 0.357 e. The summed E-state index contributed by atoms with van der Waals surface area (Å²) >= 11 is 0.535. The number of benzene rings is 3. The Hall–Kier alpha value is -3.19. The fourth-order valence-electron chi connectivity index (χ4n) is 4.27. The SMILES string of the molecule is C=CN(c1ccc(S(=O)Oc2c(F)c(F)c(F)c(F)c2F)cc1/C=C\C)c1cc(F)c(Br)cc1OB(CCC)CCCC. The molecular weight excluding hydrogens is 659 g/mol. The Morgan fingerprint density at radius 3 is 2.16 bits per heavy atom. The number of hydrogen-bond donors (Lipinski definition) is 0. The Kier molecular flexibility index (Phi) is 12.4. The second-order valence-electron chi connectivity index (χ2n) is 9.40. The molecule has 0 aromatic heterocycles. The summed E-state index contributed by atoms with van der Waals surface area (Å²) in [4.78, 5) is 1.41. The molecule has 0 fully saturated rings. The van der Waals surface area contributed by atoms with Crippen molar-refractivity contribution in [1.29, 1.82) is 0 Å². The second-order valence-corrected chi connectivity index (χ2v) is 11.4. The maximum absolute atomic E-state index is 14.9. The lowest BCUT2D eigenvalue weighted by Gasteiger charge is -2.27. The van der Waals surface area contributed by atoms with Gasteiger partial charge in [-0.15, -0.1) is 0 Å². The lowest BCUT2D eigenvalue weighted by molar-refractivity contribution is 0.352. The van der Waals surface area contributed by atoms with E-state index in [9.17, 15) is 30.6 Å². The van der Waals surface area contributed by atoms with Crippen LogP contribution in [-0.4, -0.2) is 11.1 Å². The van der Waals surface area contributed by atoms with Crippen LogP contribution in [0.1, 0.15) is 45.6 Å². The van der Waals surface area contributed by atoms with Gasteiger partial charge in [-0.05, 0) is 65.3 Å². The fraction of sp³-hybridized carbons (Fsp3) is 0.267. The molecule has 0 aliphatic rings. The van der Waals surface area contributed by atoms with Gasteiger partial charge >= 0.3 is 6.92 Å². The van der Waals surface area contributed by atoms with Gasteiger partial charge in [-0.1, -0.05) is 51.8 Å². The van der Waals surface area contributed by atoms with Crippen molar-refractivity contribution in [3.63, 3.8) is 0 Å². The van der Waals surface area contributed by atoms with Crippen LogP contribution in [0.5, 0.6) is 11.5 Å². The van der Waals surface area contributed by atoms with E-state index in [0.29, 0.717) is 22.7 Å².